The average Bonchev–Trinajstić information content (AvgIpc) is 2.68. The number of phenols is 1. The Labute approximate surface area is 92.8 Å². The van der Waals surface area contributed by atoms with Crippen molar-refractivity contribution < 1.29 is 9.84 Å². The minimum atomic E-state index is 0.285. The summed E-state index contributed by atoms with van der Waals surface area (Å²) in [5, 5.41) is 11.2. The Morgan fingerprint density at radius 1 is 1.20 bits per heavy atom. The molecule has 1 heterocycles. The van der Waals surface area contributed by atoms with Gasteiger partial charge in [0.2, 0.25) is 0 Å². The van der Waals surface area contributed by atoms with E-state index in [1.807, 2.05) is 30.5 Å². The smallest absolute Gasteiger partial charge is 0.137 e. The molecule has 2 rings (SSSR count). The van der Waals surface area contributed by atoms with Crippen LogP contribution in [0.1, 0.15) is 6.92 Å². The van der Waals surface area contributed by atoms with E-state index in [1.165, 1.54) is 0 Å². The molecule has 0 bridgehead atoms. The molecule has 0 radical (unpaired) electrons. The van der Waals surface area contributed by atoms with E-state index in [4.69, 9.17) is 4.74 Å². The molecule has 2 nitrogen and oxygen atoms in total. The Morgan fingerprint density at radius 3 is 2.60 bits per heavy atom. The molecule has 0 fully saturated rings. The molecule has 0 aliphatic rings. The van der Waals surface area contributed by atoms with Crippen LogP contribution in [0.2, 0.25) is 0 Å². The number of rotatable bonds is 3. The van der Waals surface area contributed by atoms with Gasteiger partial charge in [0, 0.05) is 0 Å². The van der Waals surface area contributed by atoms with E-state index in [0.29, 0.717) is 6.61 Å². The molecule has 1 aromatic carbocycles. The molecule has 0 saturated carbocycles. The van der Waals surface area contributed by atoms with Crippen molar-refractivity contribution in [1.29, 1.82) is 0 Å². The molecule has 78 valence electrons. The molecule has 2 aromatic rings. The fraction of sp³-hybridized carbons (Fsp3) is 0.167. The summed E-state index contributed by atoms with van der Waals surface area (Å²) >= 11 is 1.64. The highest BCUT2D eigenvalue weighted by molar-refractivity contribution is 7.14. The van der Waals surface area contributed by atoms with E-state index in [2.05, 4.69) is 0 Å². The number of phenolic OH excluding ortho intramolecular Hbond substituents is 1. The molecule has 1 N–H and O–H groups in total. The van der Waals surface area contributed by atoms with Crippen LogP contribution in [0.25, 0.3) is 10.4 Å². The number of aromatic hydroxyl groups is 1. The second-order valence-electron chi connectivity index (χ2n) is 3.09. The van der Waals surface area contributed by atoms with Crippen LogP contribution >= 0.6 is 11.3 Å². The highest BCUT2D eigenvalue weighted by atomic mass is 32.1. The molecule has 0 amide bonds. The van der Waals surface area contributed by atoms with E-state index >= 15 is 0 Å². The number of hydrogen-bond donors (Lipinski definition) is 1. The van der Waals surface area contributed by atoms with Gasteiger partial charge < -0.3 is 9.84 Å². The standard InChI is InChI=1S/C12H12O2S/c1-2-14-11-7-8-15-12(11)9-3-5-10(13)6-4-9/h3-8,13H,2H2,1H3. The van der Waals surface area contributed by atoms with Crippen LogP contribution in [0.5, 0.6) is 11.5 Å². The number of thiophene rings is 1. The van der Waals surface area contributed by atoms with E-state index in [9.17, 15) is 5.11 Å². The lowest BCUT2D eigenvalue weighted by Gasteiger charge is -2.04. The van der Waals surface area contributed by atoms with Gasteiger partial charge in [0.1, 0.15) is 11.5 Å². The molecule has 15 heavy (non-hydrogen) atoms. The molecular weight excluding hydrogens is 208 g/mol. The fourth-order valence-electron chi connectivity index (χ4n) is 1.39. The van der Waals surface area contributed by atoms with Crippen molar-refractivity contribution in [3.05, 3.63) is 35.7 Å². The van der Waals surface area contributed by atoms with Crippen LogP contribution in [-0.4, -0.2) is 11.7 Å². The molecule has 0 unspecified atom stereocenters. The van der Waals surface area contributed by atoms with Crippen molar-refractivity contribution in [3.8, 4) is 21.9 Å². The predicted molar refractivity (Wildman–Crippen MR) is 62.6 cm³/mol. The third-order valence-corrected chi connectivity index (χ3v) is 3.00. The van der Waals surface area contributed by atoms with Crippen molar-refractivity contribution in [1.82, 2.24) is 0 Å². The molecule has 0 aliphatic carbocycles. The van der Waals surface area contributed by atoms with Gasteiger partial charge in [0.05, 0.1) is 11.5 Å². The first-order valence-corrected chi connectivity index (χ1v) is 5.69. The van der Waals surface area contributed by atoms with Crippen LogP contribution in [-0.2, 0) is 0 Å². The largest absolute Gasteiger partial charge is 0.508 e. The van der Waals surface area contributed by atoms with Gasteiger partial charge in [-0.25, -0.2) is 0 Å². The monoisotopic (exact) mass is 220 g/mol. The Hall–Kier alpha value is -1.48. The summed E-state index contributed by atoms with van der Waals surface area (Å²) in [4.78, 5) is 1.11. The SMILES string of the molecule is CCOc1ccsc1-c1ccc(O)cc1. The van der Waals surface area contributed by atoms with E-state index in [1.54, 1.807) is 23.5 Å². The summed E-state index contributed by atoms with van der Waals surface area (Å²) in [6.45, 7) is 2.64. The Morgan fingerprint density at radius 2 is 1.93 bits per heavy atom. The third kappa shape index (κ3) is 2.13. The molecule has 0 aliphatic heterocycles. The zero-order valence-corrected chi connectivity index (χ0v) is 9.25. The van der Waals surface area contributed by atoms with Crippen LogP contribution in [0.3, 0.4) is 0 Å². The maximum absolute atomic E-state index is 9.20. The van der Waals surface area contributed by atoms with Crippen molar-refractivity contribution >= 4 is 11.3 Å². The molecule has 1 aromatic heterocycles. The van der Waals surface area contributed by atoms with Gasteiger partial charge in [0.25, 0.3) is 0 Å². The minimum Gasteiger partial charge on any atom is -0.508 e. The van der Waals surface area contributed by atoms with Crippen LogP contribution < -0.4 is 4.74 Å². The van der Waals surface area contributed by atoms with Crippen LogP contribution in [0, 0.1) is 0 Å². The highest BCUT2D eigenvalue weighted by Gasteiger charge is 2.07. The van der Waals surface area contributed by atoms with Gasteiger partial charge in [-0.2, -0.15) is 0 Å². The van der Waals surface area contributed by atoms with Crippen LogP contribution in [0.4, 0.5) is 0 Å². The lowest BCUT2D eigenvalue weighted by atomic mass is 10.2. The molecule has 0 atom stereocenters. The fourth-order valence-corrected chi connectivity index (χ4v) is 2.23. The van der Waals surface area contributed by atoms with E-state index in [-0.39, 0.29) is 5.75 Å². The number of benzene rings is 1. The second kappa shape index (κ2) is 4.36. The summed E-state index contributed by atoms with van der Waals surface area (Å²) in [5.41, 5.74) is 1.08. The molecule has 0 saturated heterocycles. The molecule has 3 heteroatoms. The van der Waals surface area contributed by atoms with Gasteiger partial charge in [-0.1, -0.05) is 0 Å². The summed E-state index contributed by atoms with van der Waals surface area (Å²) < 4.78 is 5.51. The van der Waals surface area contributed by atoms with Gasteiger partial charge in [-0.3, -0.25) is 0 Å². The van der Waals surface area contributed by atoms with Crippen molar-refractivity contribution in [3.63, 3.8) is 0 Å². The average molecular weight is 220 g/mol. The van der Waals surface area contributed by atoms with Crippen molar-refractivity contribution in [2.24, 2.45) is 0 Å². The minimum absolute atomic E-state index is 0.285. The zero-order chi connectivity index (χ0) is 10.7. The topological polar surface area (TPSA) is 29.5 Å². The van der Waals surface area contributed by atoms with Gasteiger partial charge in [0.15, 0.2) is 0 Å². The maximum Gasteiger partial charge on any atom is 0.137 e. The summed E-state index contributed by atoms with van der Waals surface area (Å²) in [6, 6.07) is 9.12. The number of ether oxygens (including phenoxy) is 1. The molecular formula is C12H12O2S. The summed E-state index contributed by atoms with van der Waals surface area (Å²) in [6.07, 6.45) is 0. The van der Waals surface area contributed by atoms with Crippen LogP contribution in [0.15, 0.2) is 35.7 Å². The second-order valence-corrected chi connectivity index (χ2v) is 4.01. The lowest BCUT2D eigenvalue weighted by molar-refractivity contribution is 0.343. The van der Waals surface area contributed by atoms with Crippen molar-refractivity contribution in [2.45, 2.75) is 6.92 Å². The van der Waals surface area contributed by atoms with Gasteiger partial charge in [-0.05, 0) is 48.2 Å². The number of hydrogen-bond acceptors (Lipinski definition) is 3. The first-order valence-electron chi connectivity index (χ1n) is 4.81. The normalized spacial score (nSPS) is 10.2. The van der Waals surface area contributed by atoms with Crippen molar-refractivity contribution in [2.75, 3.05) is 6.61 Å². The molecule has 0 spiro atoms. The summed E-state index contributed by atoms with van der Waals surface area (Å²) in [7, 11) is 0. The predicted octanol–water partition coefficient (Wildman–Crippen LogP) is 3.52. The van der Waals surface area contributed by atoms with Gasteiger partial charge >= 0.3 is 0 Å². The Bertz CT molecular complexity index is 431. The maximum atomic E-state index is 9.20. The quantitative estimate of drug-likeness (QED) is 0.857. The Kier molecular flexibility index (Phi) is 2.92. The first-order chi connectivity index (χ1) is 7.31. The van der Waals surface area contributed by atoms with E-state index < -0.39 is 0 Å². The Balaban J connectivity index is 2.36. The summed E-state index contributed by atoms with van der Waals surface area (Å²) in [5.74, 6) is 1.20. The third-order valence-electron chi connectivity index (χ3n) is 2.06. The highest BCUT2D eigenvalue weighted by Crippen LogP contribution is 2.35. The van der Waals surface area contributed by atoms with Gasteiger partial charge in [-0.15, -0.1) is 11.3 Å². The van der Waals surface area contributed by atoms with E-state index in [0.717, 1.165) is 16.2 Å². The zero-order valence-electron chi connectivity index (χ0n) is 8.43. The lowest BCUT2D eigenvalue weighted by Crippen LogP contribution is -1.90. The first kappa shape index (κ1) is 10.1.